The van der Waals surface area contributed by atoms with Gasteiger partial charge in [-0.3, -0.25) is 4.79 Å². The number of carboxylic acids is 1. The largest absolute Gasteiger partial charge is 0.497 e. The van der Waals surface area contributed by atoms with Crippen molar-refractivity contribution >= 4 is 12.3 Å². The predicted octanol–water partition coefficient (Wildman–Crippen LogP) is 0.869. The lowest BCUT2D eigenvalue weighted by Crippen LogP contribution is -2.38. The molecule has 5 nitrogen and oxygen atoms in total. The van der Waals surface area contributed by atoms with E-state index in [4.69, 9.17) is 9.84 Å². The maximum absolute atomic E-state index is 10.8. The molecule has 0 heterocycles. The van der Waals surface area contributed by atoms with Crippen LogP contribution in [0.1, 0.15) is 12.0 Å². The van der Waals surface area contributed by atoms with Crippen LogP contribution >= 0.6 is 0 Å². The van der Waals surface area contributed by atoms with Crippen molar-refractivity contribution in [3.63, 3.8) is 0 Å². The number of methoxy groups -OCH3 is 1. The van der Waals surface area contributed by atoms with Crippen molar-refractivity contribution in [1.29, 1.82) is 0 Å². The molecular weight excluding hydrogens is 234 g/mol. The average Bonchev–Trinajstić information content (AvgIpc) is 2.38. The van der Waals surface area contributed by atoms with E-state index in [1.807, 2.05) is 24.3 Å². The molecular formula is C13H17NO4. The van der Waals surface area contributed by atoms with E-state index in [0.29, 0.717) is 19.3 Å². The molecule has 0 aromatic heterocycles. The molecule has 0 bridgehead atoms. The minimum atomic E-state index is -1.00. The molecule has 0 radical (unpaired) electrons. The molecule has 0 aliphatic rings. The highest BCUT2D eigenvalue weighted by atomic mass is 16.5. The Morgan fingerprint density at radius 2 is 2.11 bits per heavy atom. The van der Waals surface area contributed by atoms with E-state index < -0.39 is 12.0 Å². The van der Waals surface area contributed by atoms with Crippen LogP contribution in [0.25, 0.3) is 0 Å². The summed E-state index contributed by atoms with van der Waals surface area (Å²) in [7, 11) is 1.60. The molecule has 1 unspecified atom stereocenters. The third-order valence-electron chi connectivity index (χ3n) is 2.59. The van der Waals surface area contributed by atoms with Gasteiger partial charge >= 0.3 is 5.97 Å². The monoisotopic (exact) mass is 251 g/mol. The van der Waals surface area contributed by atoms with Gasteiger partial charge in [-0.1, -0.05) is 12.1 Å². The van der Waals surface area contributed by atoms with E-state index in [-0.39, 0.29) is 6.42 Å². The van der Waals surface area contributed by atoms with Crippen molar-refractivity contribution in [1.82, 2.24) is 5.32 Å². The smallest absolute Gasteiger partial charge is 0.321 e. The summed E-state index contributed by atoms with van der Waals surface area (Å²) in [4.78, 5) is 21.1. The quantitative estimate of drug-likeness (QED) is 0.670. The molecule has 0 aliphatic carbocycles. The fourth-order valence-corrected chi connectivity index (χ4v) is 1.55. The van der Waals surface area contributed by atoms with E-state index >= 15 is 0 Å². The van der Waals surface area contributed by atoms with Crippen molar-refractivity contribution < 1.29 is 19.4 Å². The zero-order valence-electron chi connectivity index (χ0n) is 10.3. The first-order chi connectivity index (χ1) is 8.67. The average molecular weight is 251 g/mol. The molecule has 0 amide bonds. The Kier molecular flexibility index (Phi) is 5.87. The molecule has 0 saturated heterocycles. The predicted molar refractivity (Wildman–Crippen MR) is 66.8 cm³/mol. The Hall–Kier alpha value is -1.88. The lowest BCUT2D eigenvalue weighted by molar-refractivity contribution is -0.140. The molecule has 0 spiro atoms. The van der Waals surface area contributed by atoms with Gasteiger partial charge in [0.25, 0.3) is 0 Å². The van der Waals surface area contributed by atoms with Gasteiger partial charge in [-0.25, -0.2) is 0 Å². The number of aliphatic carboxylic acids is 1. The number of rotatable bonds is 8. The van der Waals surface area contributed by atoms with Crippen LogP contribution in [0.2, 0.25) is 0 Å². The molecule has 1 aromatic rings. The van der Waals surface area contributed by atoms with Crippen molar-refractivity contribution in [2.24, 2.45) is 0 Å². The normalized spacial score (nSPS) is 11.8. The Morgan fingerprint density at radius 3 is 2.61 bits per heavy atom. The number of carboxylic acid groups (broad SMARTS) is 1. The number of carbonyl (C=O) groups excluding carboxylic acids is 1. The van der Waals surface area contributed by atoms with Gasteiger partial charge in [0.1, 0.15) is 18.1 Å². The van der Waals surface area contributed by atoms with Gasteiger partial charge < -0.3 is 20.0 Å². The summed E-state index contributed by atoms with van der Waals surface area (Å²) >= 11 is 0. The minimum Gasteiger partial charge on any atom is -0.497 e. The number of aldehydes is 1. The Labute approximate surface area is 106 Å². The van der Waals surface area contributed by atoms with E-state index in [1.54, 1.807) is 7.11 Å². The van der Waals surface area contributed by atoms with Crippen molar-refractivity contribution in [2.45, 2.75) is 18.9 Å². The second kappa shape index (κ2) is 7.45. The Balaban J connectivity index is 2.39. The van der Waals surface area contributed by atoms with Gasteiger partial charge in [-0.05, 0) is 30.7 Å². The Morgan fingerprint density at radius 1 is 1.44 bits per heavy atom. The summed E-state index contributed by atoms with van der Waals surface area (Å²) in [5, 5.41) is 11.7. The van der Waals surface area contributed by atoms with E-state index in [9.17, 15) is 9.59 Å². The van der Waals surface area contributed by atoms with Gasteiger partial charge in [0.15, 0.2) is 0 Å². The van der Waals surface area contributed by atoms with Crippen molar-refractivity contribution in [3.8, 4) is 5.75 Å². The first-order valence-corrected chi connectivity index (χ1v) is 5.70. The maximum atomic E-state index is 10.8. The zero-order chi connectivity index (χ0) is 13.4. The number of benzene rings is 1. The van der Waals surface area contributed by atoms with Gasteiger partial charge in [-0.15, -0.1) is 0 Å². The van der Waals surface area contributed by atoms with Crippen LogP contribution in [0.3, 0.4) is 0 Å². The fourth-order valence-electron chi connectivity index (χ4n) is 1.55. The summed E-state index contributed by atoms with van der Waals surface area (Å²) in [5.74, 6) is -0.215. The molecule has 0 fully saturated rings. The first kappa shape index (κ1) is 14.2. The number of nitrogens with one attached hydrogen (secondary N) is 1. The maximum Gasteiger partial charge on any atom is 0.321 e. The SMILES string of the molecule is COc1ccc(CCNC(CC=O)C(=O)O)cc1. The van der Waals surface area contributed by atoms with Crippen molar-refractivity contribution in [3.05, 3.63) is 29.8 Å². The van der Waals surface area contributed by atoms with Crippen LogP contribution < -0.4 is 10.1 Å². The molecule has 1 rings (SSSR count). The second-order valence-corrected chi connectivity index (χ2v) is 3.85. The molecule has 2 N–H and O–H groups in total. The minimum absolute atomic E-state index is 0.0159. The highest BCUT2D eigenvalue weighted by molar-refractivity contribution is 5.76. The number of hydrogen-bond donors (Lipinski definition) is 2. The van der Waals surface area contributed by atoms with Crippen LogP contribution in [0.5, 0.6) is 5.75 Å². The van der Waals surface area contributed by atoms with Crippen LogP contribution in [0.4, 0.5) is 0 Å². The topological polar surface area (TPSA) is 75.6 Å². The van der Waals surface area contributed by atoms with Gasteiger partial charge in [0.05, 0.1) is 7.11 Å². The second-order valence-electron chi connectivity index (χ2n) is 3.85. The molecule has 0 saturated carbocycles. The van der Waals surface area contributed by atoms with Gasteiger partial charge in [0, 0.05) is 6.42 Å². The summed E-state index contributed by atoms with van der Waals surface area (Å²) in [6.07, 6.45) is 1.30. The lowest BCUT2D eigenvalue weighted by atomic mass is 10.1. The molecule has 98 valence electrons. The standard InChI is InChI=1S/C13H17NO4/c1-18-11-4-2-10(3-5-11)6-8-14-12(7-9-15)13(16)17/h2-5,9,12,14H,6-8H2,1H3,(H,16,17). The van der Waals surface area contributed by atoms with E-state index in [1.165, 1.54) is 0 Å². The molecule has 0 aliphatic heterocycles. The number of carbonyl (C=O) groups is 2. The third kappa shape index (κ3) is 4.55. The highest BCUT2D eigenvalue weighted by Crippen LogP contribution is 2.11. The summed E-state index contributed by atoms with van der Waals surface area (Å²) < 4.78 is 5.04. The van der Waals surface area contributed by atoms with Gasteiger partial charge in [0.2, 0.25) is 0 Å². The zero-order valence-corrected chi connectivity index (χ0v) is 10.3. The van der Waals surface area contributed by atoms with Crippen LogP contribution in [-0.4, -0.2) is 37.1 Å². The van der Waals surface area contributed by atoms with Gasteiger partial charge in [-0.2, -0.15) is 0 Å². The summed E-state index contributed by atoms with van der Waals surface area (Å²) in [5.41, 5.74) is 1.08. The number of ether oxygens (including phenoxy) is 1. The number of hydrogen-bond acceptors (Lipinski definition) is 4. The van der Waals surface area contributed by atoms with E-state index in [2.05, 4.69) is 5.32 Å². The molecule has 18 heavy (non-hydrogen) atoms. The highest BCUT2D eigenvalue weighted by Gasteiger charge is 2.15. The Bertz CT molecular complexity index is 388. The first-order valence-electron chi connectivity index (χ1n) is 5.70. The van der Waals surface area contributed by atoms with Crippen LogP contribution in [0, 0.1) is 0 Å². The lowest BCUT2D eigenvalue weighted by Gasteiger charge is -2.11. The van der Waals surface area contributed by atoms with Crippen LogP contribution in [0.15, 0.2) is 24.3 Å². The summed E-state index contributed by atoms with van der Waals surface area (Å²) in [6.45, 7) is 0.511. The summed E-state index contributed by atoms with van der Waals surface area (Å²) in [6, 6.07) is 6.76. The van der Waals surface area contributed by atoms with Crippen molar-refractivity contribution in [2.75, 3.05) is 13.7 Å². The fraction of sp³-hybridized carbons (Fsp3) is 0.385. The third-order valence-corrected chi connectivity index (χ3v) is 2.59. The molecule has 5 heteroatoms. The molecule has 1 atom stereocenters. The molecule has 1 aromatic carbocycles. The van der Waals surface area contributed by atoms with Crippen LogP contribution in [-0.2, 0) is 16.0 Å². The van der Waals surface area contributed by atoms with E-state index in [0.717, 1.165) is 11.3 Å².